The molecule has 0 heterocycles. The standard InChI is InChI=1S/C14H23NO5/c1-17-12-4-3-5-13(18-2)14(12)20-11-10-19-9-7-15-6-8-16/h3-5,15-16H,6-11H2,1-2H3/p+1. The first-order valence-corrected chi connectivity index (χ1v) is 6.67. The first-order valence-electron chi connectivity index (χ1n) is 6.67. The number of benzene rings is 1. The Morgan fingerprint density at radius 1 is 1.00 bits per heavy atom. The van der Waals surface area contributed by atoms with Gasteiger partial charge in [0.05, 0.1) is 47.1 Å². The van der Waals surface area contributed by atoms with Gasteiger partial charge in [-0.05, 0) is 12.1 Å². The average molecular weight is 286 g/mol. The maximum Gasteiger partial charge on any atom is 0.203 e. The van der Waals surface area contributed by atoms with E-state index in [1.54, 1.807) is 14.2 Å². The van der Waals surface area contributed by atoms with Crippen LogP contribution in [-0.2, 0) is 4.74 Å². The first-order chi connectivity index (χ1) is 9.83. The summed E-state index contributed by atoms with van der Waals surface area (Å²) in [7, 11) is 3.18. The highest BCUT2D eigenvalue weighted by molar-refractivity contribution is 5.51. The lowest BCUT2D eigenvalue weighted by Gasteiger charge is -2.14. The molecule has 0 bridgehead atoms. The minimum absolute atomic E-state index is 0.191. The highest BCUT2D eigenvalue weighted by Crippen LogP contribution is 2.36. The molecular formula is C14H24NO5+. The lowest BCUT2D eigenvalue weighted by Crippen LogP contribution is -2.86. The highest BCUT2D eigenvalue weighted by Gasteiger charge is 2.10. The second-order valence-electron chi connectivity index (χ2n) is 4.04. The van der Waals surface area contributed by atoms with E-state index in [4.69, 9.17) is 24.1 Å². The Morgan fingerprint density at radius 3 is 2.30 bits per heavy atom. The molecule has 3 N–H and O–H groups in total. The summed E-state index contributed by atoms with van der Waals surface area (Å²) in [6.07, 6.45) is 0. The van der Waals surface area contributed by atoms with Crippen LogP contribution in [0, 0.1) is 0 Å². The molecular weight excluding hydrogens is 262 g/mol. The van der Waals surface area contributed by atoms with E-state index in [0.717, 1.165) is 6.54 Å². The van der Waals surface area contributed by atoms with Gasteiger partial charge >= 0.3 is 0 Å². The van der Waals surface area contributed by atoms with Crippen molar-refractivity contribution < 1.29 is 29.4 Å². The Labute approximate surface area is 119 Å². The van der Waals surface area contributed by atoms with Crippen molar-refractivity contribution >= 4 is 0 Å². The van der Waals surface area contributed by atoms with Crippen LogP contribution in [0.1, 0.15) is 0 Å². The maximum absolute atomic E-state index is 8.62. The first kappa shape index (κ1) is 16.6. The molecule has 114 valence electrons. The molecule has 0 amide bonds. The Bertz CT molecular complexity index is 350. The number of methoxy groups -OCH3 is 2. The number of ether oxygens (including phenoxy) is 4. The van der Waals surface area contributed by atoms with Crippen LogP contribution in [0.3, 0.4) is 0 Å². The van der Waals surface area contributed by atoms with E-state index < -0.39 is 0 Å². The summed E-state index contributed by atoms with van der Waals surface area (Å²) in [5.74, 6) is 1.87. The number of aliphatic hydroxyl groups excluding tert-OH is 1. The number of hydrogen-bond acceptors (Lipinski definition) is 5. The van der Waals surface area contributed by atoms with Crippen LogP contribution < -0.4 is 19.5 Å². The van der Waals surface area contributed by atoms with Crippen molar-refractivity contribution in [3.63, 3.8) is 0 Å². The van der Waals surface area contributed by atoms with E-state index in [2.05, 4.69) is 0 Å². The highest BCUT2D eigenvalue weighted by atomic mass is 16.6. The smallest absolute Gasteiger partial charge is 0.203 e. The summed E-state index contributed by atoms with van der Waals surface area (Å²) < 4.78 is 21.6. The molecule has 0 aliphatic carbocycles. The molecule has 1 aromatic carbocycles. The molecule has 0 radical (unpaired) electrons. The van der Waals surface area contributed by atoms with Gasteiger partial charge in [0, 0.05) is 0 Å². The van der Waals surface area contributed by atoms with Gasteiger partial charge in [0.1, 0.15) is 6.61 Å². The van der Waals surface area contributed by atoms with E-state index in [-0.39, 0.29) is 6.61 Å². The number of rotatable bonds is 11. The summed E-state index contributed by atoms with van der Waals surface area (Å²) in [4.78, 5) is 0. The third kappa shape index (κ3) is 5.64. The van der Waals surface area contributed by atoms with Crippen LogP contribution in [0.25, 0.3) is 0 Å². The van der Waals surface area contributed by atoms with Crippen molar-refractivity contribution in [1.82, 2.24) is 0 Å². The molecule has 0 saturated carbocycles. The van der Waals surface area contributed by atoms with Crippen LogP contribution in [0.4, 0.5) is 0 Å². The fraction of sp³-hybridized carbons (Fsp3) is 0.571. The van der Waals surface area contributed by atoms with E-state index in [9.17, 15) is 0 Å². The van der Waals surface area contributed by atoms with Gasteiger partial charge in [-0.1, -0.05) is 6.07 Å². The van der Waals surface area contributed by atoms with Crippen LogP contribution >= 0.6 is 0 Å². The van der Waals surface area contributed by atoms with Crippen LogP contribution in [-0.4, -0.2) is 58.8 Å². The number of nitrogens with two attached hydrogens (primary N) is 1. The third-order valence-corrected chi connectivity index (χ3v) is 2.66. The van der Waals surface area contributed by atoms with Crippen molar-refractivity contribution in [3.8, 4) is 17.2 Å². The summed E-state index contributed by atoms with van der Waals surface area (Å²) >= 11 is 0. The normalized spacial score (nSPS) is 10.3. The Kier molecular flexibility index (Phi) is 8.53. The van der Waals surface area contributed by atoms with Gasteiger partial charge in [-0.3, -0.25) is 0 Å². The number of quaternary nitrogens is 1. The van der Waals surface area contributed by atoms with E-state index in [1.807, 2.05) is 23.5 Å². The van der Waals surface area contributed by atoms with Gasteiger partial charge in [0.25, 0.3) is 0 Å². The van der Waals surface area contributed by atoms with Gasteiger partial charge in [0.2, 0.25) is 5.75 Å². The predicted octanol–water partition coefficient (Wildman–Crippen LogP) is -0.345. The Morgan fingerprint density at radius 2 is 1.70 bits per heavy atom. The topological polar surface area (TPSA) is 73.8 Å². The number of aliphatic hydroxyl groups is 1. The van der Waals surface area contributed by atoms with E-state index in [0.29, 0.717) is 43.6 Å². The van der Waals surface area contributed by atoms with Gasteiger partial charge in [0.15, 0.2) is 11.5 Å². The molecule has 1 rings (SSSR count). The molecule has 0 aromatic heterocycles. The van der Waals surface area contributed by atoms with Crippen molar-refractivity contribution in [1.29, 1.82) is 0 Å². The quantitative estimate of drug-likeness (QED) is 0.544. The minimum Gasteiger partial charge on any atom is -0.493 e. The molecule has 0 atom stereocenters. The van der Waals surface area contributed by atoms with Gasteiger partial charge in [-0.2, -0.15) is 0 Å². The maximum atomic E-state index is 8.62. The summed E-state index contributed by atoms with van der Waals surface area (Å²) in [5, 5.41) is 10.6. The summed E-state index contributed by atoms with van der Waals surface area (Å²) in [6.45, 7) is 3.28. The van der Waals surface area contributed by atoms with Crippen molar-refractivity contribution in [2.45, 2.75) is 0 Å². The molecule has 0 spiro atoms. The van der Waals surface area contributed by atoms with E-state index in [1.165, 1.54) is 0 Å². The third-order valence-electron chi connectivity index (χ3n) is 2.66. The zero-order valence-electron chi connectivity index (χ0n) is 12.1. The predicted molar refractivity (Wildman–Crippen MR) is 74.6 cm³/mol. The lowest BCUT2D eigenvalue weighted by atomic mass is 10.3. The second kappa shape index (κ2) is 10.3. The molecule has 0 aliphatic rings. The fourth-order valence-corrected chi connectivity index (χ4v) is 1.67. The van der Waals surface area contributed by atoms with Crippen LogP contribution in [0.5, 0.6) is 17.2 Å². The number of para-hydroxylation sites is 1. The summed E-state index contributed by atoms with van der Waals surface area (Å²) in [6, 6.07) is 5.49. The van der Waals surface area contributed by atoms with Crippen molar-refractivity contribution in [2.75, 3.05) is 53.7 Å². The largest absolute Gasteiger partial charge is 0.493 e. The zero-order chi connectivity index (χ0) is 14.6. The minimum atomic E-state index is 0.191. The monoisotopic (exact) mass is 286 g/mol. The molecule has 0 unspecified atom stereocenters. The van der Waals surface area contributed by atoms with Crippen LogP contribution in [0.2, 0.25) is 0 Å². The molecule has 6 nitrogen and oxygen atoms in total. The molecule has 0 aliphatic heterocycles. The SMILES string of the molecule is COc1cccc(OC)c1OCCOCC[NH2+]CCO. The molecule has 0 fully saturated rings. The number of hydrogen-bond donors (Lipinski definition) is 2. The van der Waals surface area contributed by atoms with Crippen molar-refractivity contribution in [2.24, 2.45) is 0 Å². The molecule has 6 heteroatoms. The Hall–Kier alpha value is -1.50. The lowest BCUT2D eigenvalue weighted by molar-refractivity contribution is -0.657. The Balaban J connectivity index is 2.27. The molecule has 0 saturated heterocycles. The molecule has 20 heavy (non-hydrogen) atoms. The average Bonchev–Trinajstić information content (AvgIpc) is 2.49. The fourth-order valence-electron chi connectivity index (χ4n) is 1.67. The summed E-state index contributed by atoms with van der Waals surface area (Å²) in [5.41, 5.74) is 0. The van der Waals surface area contributed by atoms with Gasteiger partial charge < -0.3 is 29.4 Å². The zero-order valence-corrected chi connectivity index (χ0v) is 12.1. The second-order valence-corrected chi connectivity index (χ2v) is 4.04. The van der Waals surface area contributed by atoms with Crippen LogP contribution in [0.15, 0.2) is 18.2 Å². The van der Waals surface area contributed by atoms with E-state index >= 15 is 0 Å². The molecule has 1 aromatic rings. The van der Waals surface area contributed by atoms with Gasteiger partial charge in [-0.15, -0.1) is 0 Å². The van der Waals surface area contributed by atoms with Crippen molar-refractivity contribution in [3.05, 3.63) is 18.2 Å². The van der Waals surface area contributed by atoms with Gasteiger partial charge in [-0.25, -0.2) is 0 Å².